The third kappa shape index (κ3) is 3.76. The summed E-state index contributed by atoms with van der Waals surface area (Å²) < 4.78 is 9.76. The van der Waals surface area contributed by atoms with E-state index in [0.717, 1.165) is 16.8 Å². The number of benzene rings is 2. The van der Waals surface area contributed by atoms with E-state index >= 15 is 0 Å². The van der Waals surface area contributed by atoms with Crippen molar-refractivity contribution in [1.29, 1.82) is 0 Å². The SMILES string of the molecule is Cc1oc(OC(=O)O)cc1CNc1ccc(-c2ccccc2)cc1. The van der Waals surface area contributed by atoms with Gasteiger partial charge in [0, 0.05) is 23.9 Å². The van der Waals surface area contributed by atoms with Gasteiger partial charge < -0.3 is 19.6 Å². The molecule has 0 spiro atoms. The van der Waals surface area contributed by atoms with E-state index in [1.54, 1.807) is 13.0 Å². The van der Waals surface area contributed by atoms with E-state index in [2.05, 4.69) is 34.3 Å². The van der Waals surface area contributed by atoms with Crippen LogP contribution in [-0.4, -0.2) is 11.3 Å². The van der Waals surface area contributed by atoms with Gasteiger partial charge in [0.25, 0.3) is 5.95 Å². The number of carboxylic acid groups (broad SMARTS) is 1. The molecule has 0 fully saturated rings. The third-order valence-corrected chi connectivity index (χ3v) is 3.66. The van der Waals surface area contributed by atoms with Crippen molar-refractivity contribution in [3.63, 3.8) is 0 Å². The van der Waals surface area contributed by atoms with Crippen LogP contribution in [0.1, 0.15) is 11.3 Å². The number of ether oxygens (including phenoxy) is 1. The maximum absolute atomic E-state index is 10.5. The summed E-state index contributed by atoms with van der Waals surface area (Å²) in [6.45, 7) is 2.28. The molecular formula is C19H17NO4. The van der Waals surface area contributed by atoms with Gasteiger partial charge in [0.2, 0.25) is 0 Å². The van der Waals surface area contributed by atoms with Crippen LogP contribution in [0.15, 0.2) is 65.1 Å². The number of aryl methyl sites for hydroxylation is 1. The van der Waals surface area contributed by atoms with Gasteiger partial charge in [0.1, 0.15) is 5.76 Å². The monoisotopic (exact) mass is 323 g/mol. The Kier molecular flexibility index (Phi) is 4.52. The van der Waals surface area contributed by atoms with Crippen LogP contribution in [0, 0.1) is 6.92 Å². The topological polar surface area (TPSA) is 71.7 Å². The number of furan rings is 1. The number of hydrogen-bond donors (Lipinski definition) is 2. The number of nitrogens with one attached hydrogen (secondary N) is 1. The predicted molar refractivity (Wildman–Crippen MR) is 91.3 cm³/mol. The first-order chi connectivity index (χ1) is 11.6. The van der Waals surface area contributed by atoms with Crippen LogP contribution in [0.2, 0.25) is 0 Å². The normalized spacial score (nSPS) is 10.4. The molecule has 0 aliphatic carbocycles. The van der Waals surface area contributed by atoms with Gasteiger partial charge in [-0.25, -0.2) is 4.79 Å². The van der Waals surface area contributed by atoms with E-state index in [4.69, 9.17) is 9.52 Å². The Morgan fingerprint density at radius 2 is 1.75 bits per heavy atom. The maximum atomic E-state index is 10.5. The summed E-state index contributed by atoms with van der Waals surface area (Å²) in [5.74, 6) is 0.607. The third-order valence-electron chi connectivity index (χ3n) is 3.66. The molecule has 0 unspecified atom stereocenters. The fourth-order valence-electron chi connectivity index (χ4n) is 2.41. The fraction of sp³-hybridized carbons (Fsp3) is 0.105. The van der Waals surface area contributed by atoms with Gasteiger partial charge in [0.05, 0.1) is 0 Å². The van der Waals surface area contributed by atoms with Crippen molar-refractivity contribution < 1.29 is 19.1 Å². The number of carbonyl (C=O) groups is 1. The second kappa shape index (κ2) is 6.91. The first-order valence-electron chi connectivity index (χ1n) is 7.51. The largest absolute Gasteiger partial charge is 0.513 e. The van der Waals surface area contributed by atoms with Crippen LogP contribution in [0.5, 0.6) is 5.95 Å². The van der Waals surface area contributed by atoms with Crippen molar-refractivity contribution in [1.82, 2.24) is 0 Å². The Morgan fingerprint density at radius 3 is 2.42 bits per heavy atom. The van der Waals surface area contributed by atoms with Gasteiger partial charge in [-0.2, -0.15) is 0 Å². The first-order valence-corrected chi connectivity index (χ1v) is 7.51. The van der Waals surface area contributed by atoms with Crippen molar-refractivity contribution in [2.75, 3.05) is 5.32 Å². The minimum Gasteiger partial charge on any atom is -0.449 e. The molecule has 5 nitrogen and oxygen atoms in total. The van der Waals surface area contributed by atoms with Gasteiger partial charge in [-0.15, -0.1) is 0 Å². The summed E-state index contributed by atoms with van der Waals surface area (Å²) in [5, 5.41) is 11.9. The molecule has 1 aromatic heterocycles. The summed E-state index contributed by atoms with van der Waals surface area (Å²) in [7, 11) is 0. The molecule has 0 bridgehead atoms. The standard InChI is InChI=1S/C19H17NO4/c1-13-16(11-18(23-13)24-19(21)22)12-20-17-9-7-15(8-10-17)14-5-3-2-4-6-14/h2-11,20H,12H2,1H3,(H,21,22). The molecule has 122 valence electrons. The molecule has 2 N–H and O–H groups in total. The molecule has 0 amide bonds. The second-order valence-electron chi connectivity index (χ2n) is 5.31. The highest BCUT2D eigenvalue weighted by atomic mass is 16.7. The highest BCUT2D eigenvalue weighted by Crippen LogP contribution is 2.24. The molecule has 0 saturated carbocycles. The van der Waals surface area contributed by atoms with Crippen LogP contribution in [0.25, 0.3) is 11.1 Å². The van der Waals surface area contributed by atoms with E-state index < -0.39 is 6.16 Å². The Balaban J connectivity index is 1.65. The Hall–Kier alpha value is -3.21. The lowest BCUT2D eigenvalue weighted by Gasteiger charge is -2.07. The van der Waals surface area contributed by atoms with E-state index in [9.17, 15) is 4.79 Å². The molecule has 0 aliphatic rings. The zero-order valence-corrected chi connectivity index (χ0v) is 13.2. The zero-order chi connectivity index (χ0) is 16.9. The molecule has 1 heterocycles. The van der Waals surface area contributed by atoms with Gasteiger partial charge in [-0.1, -0.05) is 42.5 Å². The van der Waals surface area contributed by atoms with E-state index in [0.29, 0.717) is 12.3 Å². The summed E-state index contributed by atoms with van der Waals surface area (Å²) >= 11 is 0. The quantitative estimate of drug-likeness (QED) is 0.652. The molecule has 24 heavy (non-hydrogen) atoms. The first kappa shape index (κ1) is 15.7. The fourth-order valence-corrected chi connectivity index (χ4v) is 2.41. The van der Waals surface area contributed by atoms with Crippen molar-refractivity contribution in [2.24, 2.45) is 0 Å². The van der Waals surface area contributed by atoms with Crippen molar-refractivity contribution in [2.45, 2.75) is 13.5 Å². The highest BCUT2D eigenvalue weighted by molar-refractivity contribution is 5.66. The molecule has 0 saturated heterocycles. The summed E-state index contributed by atoms with van der Waals surface area (Å²) in [5.41, 5.74) is 4.14. The highest BCUT2D eigenvalue weighted by Gasteiger charge is 2.11. The smallest absolute Gasteiger partial charge is 0.449 e. The van der Waals surface area contributed by atoms with E-state index in [1.165, 1.54) is 5.56 Å². The van der Waals surface area contributed by atoms with Crippen LogP contribution in [0.4, 0.5) is 10.5 Å². The molecule has 3 rings (SSSR count). The zero-order valence-electron chi connectivity index (χ0n) is 13.2. The van der Waals surface area contributed by atoms with Gasteiger partial charge in [-0.3, -0.25) is 0 Å². The van der Waals surface area contributed by atoms with Crippen molar-refractivity contribution in [3.05, 3.63) is 72.0 Å². The van der Waals surface area contributed by atoms with E-state index in [-0.39, 0.29) is 5.95 Å². The Labute approximate surface area is 139 Å². The summed E-state index contributed by atoms with van der Waals surface area (Å²) in [6.07, 6.45) is -1.39. The van der Waals surface area contributed by atoms with Crippen LogP contribution in [-0.2, 0) is 6.54 Å². The molecule has 0 radical (unpaired) electrons. The van der Waals surface area contributed by atoms with E-state index in [1.807, 2.05) is 30.3 Å². The minimum atomic E-state index is -1.39. The average Bonchev–Trinajstić information content (AvgIpc) is 2.93. The average molecular weight is 323 g/mol. The van der Waals surface area contributed by atoms with Crippen LogP contribution in [0.3, 0.4) is 0 Å². The second-order valence-corrected chi connectivity index (χ2v) is 5.31. The van der Waals surface area contributed by atoms with Gasteiger partial charge in [-0.05, 0) is 30.2 Å². The molecule has 5 heteroatoms. The lowest BCUT2D eigenvalue weighted by molar-refractivity contribution is 0.132. The predicted octanol–water partition coefficient (Wildman–Crippen LogP) is 4.92. The van der Waals surface area contributed by atoms with Crippen molar-refractivity contribution in [3.8, 4) is 17.1 Å². The van der Waals surface area contributed by atoms with Crippen molar-refractivity contribution >= 4 is 11.8 Å². The van der Waals surface area contributed by atoms with Gasteiger partial charge in [0.15, 0.2) is 0 Å². The number of anilines is 1. The Bertz CT molecular complexity index is 822. The lowest BCUT2D eigenvalue weighted by Crippen LogP contribution is -2.02. The minimum absolute atomic E-state index is 0.0174. The molecule has 0 atom stereocenters. The van der Waals surface area contributed by atoms with Crippen LogP contribution >= 0.6 is 0 Å². The molecular weight excluding hydrogens is 306 g/mol. The molecule has 0 aliphatic heterocycles. The van der Waals surface area contributed by atoms with Crippen LogP contribution < -0.4 is 10.1 Å². The van der Waals surface area contributed by atoms with Gasteiger partial charge >= 0.3 is 6.16 Å². The number of hydrogen-bond acceptors (Lipinski definition) is 4. The number of rotatable bonds is 5. The summed E-state index contributed by atoms with van der Waals surface area (Å²) in [6, 6.07) is 19.9. The lowest BCUT2D eigenvalue weighted by atomic mass is 10.1. The molecule has 3 aromatic rings. The maximum Gasteiger partial charge on any atom is 0.513 e. The molecule has 2 aromatic carbocycles. The summed E-state index contributed by atoms with van der Waals surface area (Å²) in [4.78, 5) is 10.5. The Morgan fingerprint density at radius 1 is 1.08 bits per heavy atom.